The van der Waals surface area contributed by atoms with Gasteiger partial charge in [-0.25, -0.2) is 9.59 Å². The molecule has 45 heavy (non-hydrogen) atoms. The minimum Gasteiger partial charge on any atom is -0.458 e. The van der Waals surface area contributed by atoms with Crippen LogP contribution in [-0.4, -0.2) is 58.6 Å². The molecule has 0 aliphatic carbocycles. The standard InChI is InChI=1S/C36H47N3O6/c1-11-22-39(32(41)29(24(3)4)38-34(43)45-36(8,9)10)30(27-20-18-25(12-2)19-21-27)31(40)37-28(33(42)44-35(5,6)7)23-26-16-14-13-15-17-26/h2,11,13-21,24,28-30H,1,22-23H2,3-10H3,(H,37,40)(H,38,43). The molecule has 0 bridgehead atoms. The van der Waals surface area contributed by atoms with E-state index in [1.54, 1.807) is 79.7 Å². The van der Waals surface area contributed by atoms with E-state index in [1.807, 2.05) is 30.3 Å². The van der Waals surface area contributed by atoms with Crippen LogP contribution in [0.1, 0.15) is 78.1 Å². The van der Waals surface area contributed by atoms with Gasteiger partial charge >= 0.3 is 12.1 Å². The molecule has 0 saturated carbocycles. The lowest BCUT2D eigenvalue weighted by Gasteiger charge is -2.35. The number of ether oxygens (including phenoxy) is 2. The van der Waals surface area contributed by atoms with Crippen LogP contribution >= 0.6 is 0 Å². The number of rotatable bonds is 12. The van der Waals surface area contributed by atoms with Crippen LogP contribution in [0.3, 0.4) is 0 Å². The molecule has 2 aromatic carbocycles. The molecular formula is C36H47N3O6. The number of benzene rings is 2. The third-order valence-corrected chi connectivity index (χ3v) is 6.46. The van der Waals surface area contributed by atoms with Crippen LogP contribution in [0.15, 0.2) is 67.3 Å². The van der Waals surface area contributed by atoms with E-state index in [9.17, 15) is 19.2 Å². The summed E-state index contributed by atoms with van der Waals surface area (Å²) in [7, 11) is 0. The molecule has 3 amide bonds. The summed E-state index contributed by atoms with van der Waals surface area (Å²) in [5.41, 5.74) is 0.255. The fourth-order valence-corrected chi connectivity index (χ4v) is 4.49. The van der Waals surface area contributed by atoms with Crippen LogP contribution in [0.5, 0.6) is 0 Å². The third kappa shape index (κ3) is 11.8. The average molecular weight is 618 g/mol. The molecule has 2 aromatic rings. The molecule has 0 aliphatic heterocycles. The first-order chi connectivity index (χ1) is 21.0. The first-order valence-corrected chi connectivity index (χ1v) is 15.0. The minimum atomic E-state index is -1.22. The van der Waals surface area contributed by atoms with E-state index >= 15 is 0 Å². The normalized spacial score (nSPS) is 13.4. The maximum atomic E-state index is 14.3. The molecule has 0 aliphatic rings. The van der Waals surface area contributed by atoms with Gasteiger partial charge in [0.1, 0.15) is 29.3 Å². The highest BCUT2D eigenvalue weighted by molar-refractivity contribution is 5.94. The van der Waals surface area contributed by atoms with Crippen molar-refractivity contribution >= 4 is 23.9 Å². The van der Waals surface area contributed by atoms with E-state index in [-0.39, 0.29) is 18.9 Å². The summed E-state index contributed by atoms with van der Waals surface area (Å²) in [4.78, 5) is 56.0. The van der Waals surface area contributed by atoms with Gasteiger partial charge in [-0.1, -0.05) is 68.3 Å². The highest BCUT2D eigenvalue weighted by Gasteiger charge is 2.39. The molecule has 3 atom stereocenters. The molecule has 0 saturated heterocycles. The molecule has 0 heterocycles. The molecule has 3 unspecified atom stereocenters. The van der Waals surface area contributed by atoms with Gasteiger partial charge in [0.15, 0.2) is 0 Å². The fourth-order valence-electron chi connectivity index (χ4n) is 4.49. The number of alkyl carbamates (subject to hydrolysis) is 1. The van der Waals surface area contributed by atoms with Crippen molar-refractivity contribution in [2.24, 2.45) is 5.92 Å². The van der Waals surface area contributed by atoms with Gasteiger partial charge < -0.3 is 25.0 Å². The van der Waals surface area contributed by atoms with E-state index in [4.69, 9.17) is 15.9 Å². The maximum absolute atomic E-state index is 14.3. The number of carbonyl (C=O) groups is 4. The number of nitrogens with one attached hydrogen (secondary N) is 2. The van der Waals surface area contributed by atoms with E-state index < -0.39 is 53.2 Å². The zero-order chi connectivity index (χ0) is 33.9. The van der Waals surface area contributed by atoms with Crippen molar-refractivity contribution in [3.8, 4) is 12.3 Å². The number of terminal acetylenes is 1. The highest BCUT2D eigenvalue weighted by atomic mass is 16.6. The van der Waals surface area contributed by atoms with Gasteiger partial charge in [-0.2, -0.15) is 0 Å². The summed E-state index contributed by atoms with van der Waals surface area (Å²) in [5.74, 6) is 0.416. The van der Waals surface area contributed by atoms with Crippen LogP contribution in [0.4, 0.5) is 4.79 Å². The second-order valence-electron chi connectivity index (χ2n) is 13.1. The molecular weight excluding hydrogens is 570 g/mol. The van der Waals surface area contributed by atoms with Gasteiger partial charge in [-0.15, -0.1) is 13.0 Å². The van der Waals surface area contributed by atoms with Gasteiger partial charge in [0.2, 0.25) is 11.8 Å². The van der Waals surface area contributed by atoms with E-state index in [0.717, 1.165) is 5.56 Å². The minimum absolute atomic E-state index is 0.0389. The number of hydrogen-bond acceptors (Lipinski definition) is 6. The zero-order valence-electron chi connectivity index (χ0n) is 27.7. The van der Waals surface area contributed by atoms with Crippen LogP contribution in [-0.2, 0) is 30.3 Å². The predicted molar refractivity (Wildman–Crippen MR) is 175 cm³/mol. The Balaban J connectivity index is 2.59. The molecule has 0 aromatic heterocycles. The van der Waals surface area contributed by atoms with E-state index in [0.29, 0.717) is 11.1 Å². The van der Waals surface area contributed by atoms with Crippen LogP contribution in [0.25, 0.3) is 0 Å². The average Bonchev–Trinajstić information content (AvgIpc) is 2.94. The summed E-state index contributed by atoms with van der Waals surface area (Å²) in [6, 6.07) is 12.6. The molecule has 2 rings (SSSR count). The van der Waals surface area contributed by atoms with Crippen molar-refractivity contribution in [2.45, 2.75) is 91.1 Å². The van der Waals surface area contributed by atoms with Crippen molar-refractivity contribution in [1.82, 2.24) is 15.5 Å². The maximum Gasteiger partial charge on any atom is 0.408 e. The van der Waals surface area contributed by atoms with Crippen LogP contribution in [0, 0.1) is 18.3 Å². The Kier molecular flexibility index (Phi) is 13.0. The Morgan fingerprint density at radius 3 is 1.98 bits per heavy atom. The summed E-state index contributed by atoms with van der Waals surface area (Å²) in [5, 5.41) is 5.53. The first kappa shape index (κ1) is 36.6. The second-order valence-corrected chi connectivity index (χ2v) is 13.1. The van der Waals surface area contributed by atoms with Gasteiger partial charge in [-0.3, -0.25) is 9.59 Å². The zero-order valence-corrected chi connectivity index (χ0v) is 27.7. The summed E-state index contributed by atoms with van der Waals surface area (Å²) >= 11 is 0. The van der Waals surface area contributed by atoms with E-state index in [2.05, 4.69) is 23.1 Å². The molecule has 0 radical (unpaired) electrons. The van der Waals surface area contributed by atoms with Gasteiger partial charge in [-0.05, 0) is 70.7 Å². The van der Waals surface area contributed by atoms with E-state index in [1.165, 1.54) is 11.0 Å². The fraction of sp³-hybridized carbons (Fsp3) is 0.444. The first-order valence-electron chi connectivity index (χ1n) is 15.0. The lowest BCUT2D eigenvalue weighted by atomic mass is 9.97. The summed E-state index contributed by atoms with van der Waals surface area (Å²) in [6.45, 7) is 17.7. The van der Waals surface area contributed by atoms with Crippen molar-refractivity contribution in [2.75, 3.05) is 6.54 Å². The van der Waals surface area contributed by atoms with Crippen LogP contribution in [0.2, 0.25) is 0 Å². The lowest BCUT2D eigenvalue weighted by Crippen LogP contribution is -2.56. The quantitative estimate of drug-likeness (QED) is 0.189. The lowest BCUT2D eigenvalue weighted by molar-refractivity contribution is -0.159. The third-order valence-electron chi connectivity index (χ3n) is 6.46. The smallest absolute Gasteiger partial charge is 0.408 e. The van der Waals surface area contributed by atoms with Gasteiger partial charge in [0, 0.05) is 18.5 Å². The number of nitrogens with zero attached hydrogens (tertiary/aromatic N) is 1. The summed E-state index contributed by atoms with van der Waals surface area (Å²) < 4.78 is 11.1. The van der Waals surface area contributed by atoms with Gasteiger partial charge in [0.25, 0.3) is 0 Å². The molecule has 0 fully saturated rings. The topological polar surface area (TPSA) is 114 Å². The number of esters is 1. The number of amides is 3. The molecule has 2 N–H and O–H groups in total. The largest absolute Gasteiger partial charge is 0.458 e. The Morgan fingerprint density at radius 1 is 0.911 bits per heavy atom. The molecule has 242 valence electrons. The molecule has 0 spiro atoms. The van der Waals surface area contributed by atoms with Gasteiger partial charge in [0.05, 0.1) is 0 Å². The van der Waals surface area contributed by atoms with Crippen molar-refractivity contribution < 1.29 is 28.7 Å². The number of hydrogen-bond donors (Lipinski definition) is 2. The van der Waals surface area contributed by atoms with Crippen LogP contribution < -0.4 is 10.6 Å². The summed E-state index contributed by atoms with van der Waals surface area (Å²) in [6.07, 6.45) is 6.46. The Labute approximate surface area is 267 Å². The van der Waals surface area contributed by atoms with Crippen molar-refractivity contribution in [3.05, 3.63) is 83.9 Å². The molecule has 9 nitrogen and oxygen atoms in total. The van der Waals surface area contributed by atoms with Crippen molar-refractivity contribution in [3.63, 3.8) is 0 Å². The SMILES string of the molecule is C#Cc1ccc(C(C(=O)NC(Cc2ccccc2)C(=O)OC(C)(C)C)N(CC=C)C(=O)C(NC(=O)OC(C)(C)C)C(C)C)cc1. The Hall–Kier alpha value is -4.58. The highest BCUT2D eigenvalue weighted by Crippen LogP contribution is 2.25. The molecule has 9 heteroatoms. The second kappa shape index (κ2) is 15.9. The monoisotopic (exact) mass is 617 g/mol. The Morgan fingerprint density at radius 2 is 1.49 bits per heavy atom. The predicted octanol–water partition coefficient (Wildman–Crippen LogP) is 5.34. The van der Waals surface area contributed by atoms with Crippen molar-refractivity contribution in [1.29, 1.82) is 0 Å². The number of carbonyl (C=O) groups excluding carboxylic acids is 4. The Bertz CT molecular complexity index is 1360.